The molecule has 2 aromatic carbocycles. The zero-order valence-electron chi connectivity index (χ0n) is 15.9. The molecule has 4 atom stereocenters. The minimum atomic E-state index is -0.222. The molecule has 0 spiro atoms. The van der Waals surface area contributed by atoms with Crippen molar-refractivity contribution in [2.24, 2.45) is 22.1 Å². The highest BCUT2D eigenvalue weighted by Gasteiger charge is 2.58. The number of hydrogen-bond donors (Lipinski definition) is 0. The van der Waals surface area contributed by atoms with E-state index in [9.17, 15) is 0 Å². The Hall–Kier alpha value is -2.36. The third kappa shape index (κ3) is 2.28. The fourth-order valence-electron chi connectivity index (χ4n) is 4.81. The van der Waals surface area contributed by atoms with E-state index >= 15 is 0 Å². The Labute approximate surface area is 155 Å². The highest BCUT2D eigenvalue weighted by molar-refractivity contribution is 5.39. The fourth-order valence-corrected chi connectivity index (χ4v) is 4.81. The van der Waals surface area contributed by atoms with Crippen LogP contribution in [-0.2, 0) is 11.1 Å². The summed E-state index contributed by atoms with van der Waals surface area (Å²) in [6, 6.07) is 16.7. The average molecular weight is 350 g/mol. The molecule has 1 fully saturated rings. The minimum absolute atomic E-state index is 0.222. The van der Waals surface area contributed by atoms with E-state index < -0.39 is 0 Å². The molecule has 0 aromatic heterocycles. The Morgan fingerprint density at radius 2 is 1.04 bits per heavy atom. The highest BCUT2D eigenvalue weighted by Crippen LogP contribution is 2.60. The first-order chi connectivity index (χ1) is 12.6. The number of rotatable bonds is 4. The molecule has 1 saturated carbocycles. The van der Waals surface area contributed by atoms with Crippen molar-refractivity contribution in [3.63, 3.8) is 0 Å². The summed E-state index contributed by atoms with van der Waals surface area (Å²) in [6.07, 6.45) is 2.03. The zero-order chi connectivity index (χ0) is 18.4. The second-order valence-electron chi connectivity index (χ2n) is 7.58. The van der Waals surface area contributed by atoms with Gasteiger partial charge in [0.05, 0.1) is 14.2 Å². The van der Waals surface area contributed by atoms with Gasteiger partial charge in [0.25, 0.3) is 0 Å². The van der Waals surface area contributed by atoms with Gasteiger partial charge in [0, 0.05) is 0 Å². The Kier molecular flexibility index (Phi) is 4.02. The van der Waals surface area contributed by atoms with Crippen LogP contribution in [0.5, 0.6) is 11.5 Å². The van der Waals surface area contributed by atoms with Crippen molar-refractivity contribution >= 4 is 0 Å². The first kappa shape index (κ1) is 17.1. The number of nitrogens with zero attached hydrogens (tertiary/aromatic N) is 2. The number of ether oxygens (including phenoxy) is 2. The van der Waals surface area contributed by atoms with E-state index in [2.05, 4.69) is 38.1 Å². The van der Waals surface area contributed by atoms with Crippen molar-refractivity contribution in [1.29, 1.82) is 0 Å². The predicted octanol–water partition coefficient (Wildman–Crippen LogP) is 5.33. The van der Waals surface area contributed by atoms with Gasteiger partial charge in [-0.2, -0.15) is 10.2 Å². The Morgan fingerprint density at radius 1 is 0.692 bits per heavy atom. The first-order valence-corrected chi connectivity index (χ1v) is 9.29. The van der Waals surface area contributed by atoms with Gasteiger partial charge in [-0.1, -0.05) is 38.1 Å². The monoisotopic (exact) mass is 350 g/mol. The Balaban J connectivity index is 1.74. The summed E-state index contributed by atoms with van der Waals surface area (Å²) in [4.78, 5) is 0. The normalized spacial score (nSPS) is 32.5. The largest absolute Gasteiger partial charge is 0.497 e. The Morgan fingerprint density at radius 3 is 1.31 bits per heavy atom. The molecule has 2 heterocycles. The lowest BCUT2D eigenvalue weighted by Crippen LogP contribution is -2.53. The molecule has 0 N–H and O–H groups in total. The van der Waals surface area contributed by atoms with Crippen molar-refractivity contribution < 1.29 is 9.47 Å². The van der Waals surface area contributed by atoms with E-state index in [4.69, 9.17) is 19.7 Å². The maximum absolute atomic E-state index is 5.31. The molecular formula is C22H26N2O2. The highest BCUT2D eigenvalue weighted by atomic mass is 16.5. The average Bonchev–Trinajstić information content (AvgIpc) is 2.72. The SMILES string of the molecule is COc1ccc([C@]23CC[C@](c4ccc(OC)cc4)(N=N2)[C@@H](C)[C@H]3C)cc1. The van der Waals surface area contributed by atoms with Crippen LogP contribution in [0, 0.1) is 11.8 Å². The molecule has 26 heavy (non-hydrogen) atoms. The fraction of sp³-hybridized carbons (Fsp3) is 0.455. The van der Waals surface area contributed by atoms with E-state index in [0.29, 0.717) is 11.8 Å². The van der Waals surface area contributed by atoms with E-state index in [1.807, 2.05) is 24.3 Å². The molecule has 1 aliphatic carbocycles. The molecule has 3 aliphatic rings. The lowest BCUT2D eigenvalue weighted by Gasteiger charge is -2.55. The molecule has 4 heteroatoms. The molecule has 0 saturated heterocycles. The molecule has 2 aliphatic heterocycles. The Bertz CT molecular complexity index is 746. The van der Waals surface area contributed by atoms with Crippen LogP contribution in [-0.4, -0.2) is 14.2 Å². The van der Waals surface area contributed by atoms with Crippen LogP contribution in [0.15, 0.2) is 58.8 Å². The number of fused-ring (bicyclic) bond motifs is 2. The molecule has 4 nitrogen and oxygen atoms in total. The number of methoxy groups -OCH3 is 2. The van der Waals surface area contributed by atoms with Crippen molar-refractivity contribution in [1.82, 2.24) is 0 Å². The maximum Gasteiger partial charge on any atom is 0.118 e. The number of azo groups is 1. The van der Waals surface area contributed by atoms with Crippen LogP contribution in [0.4, 0.5) is 0 Å². The van der Waals surface area contributed by atoms with Gasteiger partial charge in [0.15, 0.2) is 0 Å². The summed E-state index contributed by atoms with van der Waals surface area (Å²) < 4.78 is 10.6. The summed E-state index contributed by atoms with van der Waals surface area (Å²) in [5.74, 6) is 2.57. The van der Waals surface area contributed by atoms with Crippen LogP contribution >= 0.6 is 0 Å². The number of hydrogen-bond acceptors (Lipinski definition) is 4. The summed E-state index contributed by atoms with van der Waals surface area (Å²) in [6.45, 7) is 4.65. The van der Waals surface area contributed by atoms with E-state index in [-0.39, 0.29) is 11.1 Å². The van der Waals surface area contributed by atoms with Gasteiger partial charge in [0.2, 0.25) is 0 Å². The molecule has 0 unspecified atom stereocenters. The van der Waals surface area contributed by atoms with Gasteiger partial charge < -0.3 is 9.47 Å². The quantitative estimate of drug-likeness (QED) is 0.748. The van der Waals surface area contributed by atoms with Crippen molar-refractivity contribution in [3.8, 4) is 11.5 Å². The maximum atomic E-state index is 5.31. The molecule has 0 amide bonds. The second kappa shape index (κ2) is 6.11. The van der Waals surface area contributed by atoms with E-state index in [0.717, 1.165) is 24.3 Å². The summed E-state index contributed by atoms with van der Waals surface area (Å²) in [5.41, 5.74) is 2.04. The summed E-state index contributed by atoms with van der Waals surface area (Å²) >= 11 is 0. The van der Waals surface area contributed by atoms with E-state index in [1.165, 1.54) is 11.1 Å². The summed E-state index contributed by atoms with van der Waals surface area (Å²) in [5, 5.41) is 9.86. The van der Waals surface area contributed by atoms with Crippen LogP contribution in [0.1, 0.15) is 37.8 Å². The molecule has 2 aromatic rings. The van der Waals surface area contributed by atoms with Crippen LogP contribution in [0.3, 0.4) is 0 Å². The van der Waals surface area contributed by atoms with Crippen LogP contribution in [0.25, 0.3) is 0 Å². The minimum Gasteiger partial charge on any atom is -0.497 e. The molecule has 2 bridgehead atoms. The van der Waals surface area contributed by atoms with Gasteiger partial charge in [-0.25, -0.2) is 0 Å². The van der Waals surface area contributed by atoms with Crippen LogP contribution < -0.4 is 9.47 Å². The smallest absolute Gasteiger partial charge is 0.118 e. The van der Waals surface area contributed by atoms with Crippen LogP contribution in [0.2, 0.25) is 0 Å². The molecular weight excluding hydrogens is 324 g/mol. The topological polar surface area (TPSA) is 43.2 Å². The summed E-state index contributed by atoms with van der Waals surface area (Å²) in [7, 11) is 3.39. The third-order valence-electron chi connectivity index (χ3n) is 6.73. The predicted molar refractivity (Wildman–Crippen MR) is 102 cm³/mol. The van der Waals surface area contributed by atoms with Gasteiger partial charge >= 0.3 is 0 Å². The second-order valence-corrected chi connectivity index (χ2v) is 7.58. The lowest BCUT2D eigenvalue weighted by molar-refractivity contribution is 0.0140. The van der Waals surface area contributed by atoms with Crippen molar-refractivity contribution in [2.45, 2.75) is 37.8 Å². The standard InChI is InChI=1S/C22H26N2O2/c1-15-16(2)22(18-7-11-20(26-4)12-8-18)14-13-21(15,23-24-22)17-5-9-19(25-3)10-6-17/h5-12,15-16H,13-14H2,1-4H3/t15-,16+,21-,22+. The number of benzene rings is 2. The molecule has 0 radical (unpaired) electrons. The van der Waals surface area contributed by atoms with Crippen molar-refractivity contribution in [2.75, 3.05) is 14.2 Å². The van der Waals surface area contributed by atoms with Gasteiger partial charge in [-0.3, -0.25) is 0 Å². The van der Waals surface area contributed by atoms with Crippen molar-refractivity contribution in [3.05, 3.63) is 59.7 Å². The van der Waals surface area contributed by atoms with Gasteiger partial charge in [-0.05, 0) is 60.1 Å². The third-order valence-corrected chi connectivity index (χ3v) is 6.73. The van der Waals surface area contributed by atoms with E-state index in [1.54, 1.807) is 14.2 Å². The van der Waals surface area contributed by atoms with Gasteiger partial charge in [-0.15, -0.1) is 0 Å². The zero-order valence-corrected chi connectivity index (χ0v) is 15.9. The molecule has 136 valence electrons. The lowest BCUT2D eigenvalue weighted by atomic mass is 9.56. The molecule has 5 rings (SSSR count). The first-order valence-electron chi connectivity index (χ1n) is 9.29. The van der Waals surface area contributed by atoms with Gasteiger partial charge in [0.1, 0.15) is 22.6 Å².